The fourth-order valence-corrected chi connectivity index (χ4v) is 6.25. The molecule has 1 aliphatic heterocycles. The van der Waals surface area contributed by atoms with Crippen LogP contribution in [-0.2, 0) is 0 Å². The molecule has 5 aliphatic rings. The van der Waals surface area contributed by atoms with Gasteiger partial charge >= 0.3 is 0 Å². The number of hydrogen-bond donors (Lipinski definition) is 1. The molecule has 5 fully saturated rings. The Kier molecular flexibility index (Phi) is 3.92. The monoisotopic (exact) mass is 355 g/mol. The number of aromatic nitrogens is 2. The van der Waals surface area contributed by atoms with Crippen molar-refractivity contribution in [3.05, 3.63) is 18.1 Å². The summed E-state index contributed by atoms with van der Waals surface area (Å²) in [6.45, 7) is 3.95. The SMILES string of the molecule is CN1CCN(c2cc(C(=O)NC34CC5CC(CC(C5)C3)C4)ncn2)CC1. The van der Waals surface area contributed by atoms with E-state index in [1.807, 2.05) is 6.07 Å². The maximum atomic E-state index is 13.0. The fourth-order valence-electron chi connectivity index (χ4n) is 6.25. The molecule has 4 bridgehead atoms. The van der Waals surface area contributed by atoms with Crippen molar-refractivity contribution in [2.75, 3.05) is 38.1 Å². The smallest absolute Gasteiger partial charge is 0.270 e. The van der Waals surface area contributed by atoms with Gasteiger partial charge in [0.1, 0.15) is 17.8 Å². The van der Waals surface area contributed by atoms with Gasteiger partial charge in [-0.15, -0.1) is 0 Å². The molecule has 1 N–H and O–H groups in total. The first kappa shape index (κ1) is 16.5. The van der Waals surface area contributed by atoms with E-state index in [0.29, 0.717) is 5.69 Å². The Morgan fingerprint density at radius 2 is 1.65 bits per heavy atom. The summed E-state index contributed by atoms with van der Waals surface area (Å²) in [7, 11) is 2.14. The Morgan fingerprint density at radius 1 is 1.04 bits per heavy atom. The third kappa shape index (κ3) is 2.98. The highest BCUT2D eigenvalue weighted by molar-refractivity contribution is 5.93. The van der Waals surface area contributed by atoms with Crippen molar-refractivity contribution in [1.82, 2.24) is 20.2 Å². The Hall–Kier alpha value is -1.69. The lowest BCUT2D eigenvalue weighted by molar-refractivity contribution is -0.0167. The van der Waals surface area contributed by atoms with E-state index in [9.17, 15) is 4.79 Å². The van der Waals surface area contributed by atoms with Crippen LogP contribution in [0, 0.1) is 17.8 Å². The largest absolute Gasteiger partial charge is 0.354 e. The lowest BCUT2D eigenvalue weighted by Gasteiger charge is -2.56. The Morgan fingerprint density at radius 3 is 2.27 bits per heavy atom. The van der Waals surface area contributed by atoms with Gasteiger partial charge < -0.3 is 15.1 Å². The third-order valence-corrected chi connectivity index (χ3v) is 7.13. The zero-order chi connectivity index (χ0) is 17.7. The molecular formula is C20H29N5O. The minimum absolute atomic E-state index is 0.00951. The summed E-state index contributed by atoms with van der Waals surface area (Å²) >= 11 is 0. The Balaban J connectivity index is 1.31. The number of nitrogens with one attached hydrogen (secondary N) is 1. The van der Waals surface area contributed by atoms with Crippen molar-refractivity contribution >= 4 is 11.7 Å². The molecule has 0 aromatic carbocycles. The minimum Gasteiger partial charge on any atom is -0.354 e. The lowest BCUT2D eigenvalue weighted by atomic mass is 9.53. The maximum Gasteiger partial charge on any atom is 0.270 e. The first-order valence-corrected chi connectivity index (χ1v) is 10.2. The van der Waals surface area contributed by atoms with E-state index in [1.54, 1.807) is 6.33 Å². The van der Waals surface area contributed by atoms with E-state index in [1.165, 1.54) is 38.5 Å². The molecule has 1 aromatic rings. The quantitative estimate of drug-likeness (QED) is 0.898. The molecule has 6 rings (SSSR count). The second-order valence-electron chi connectivity index (χ2n) is 9.20. The summed E-state index contributed by atoms with van der Waals surface area (Å²) in [5.41, 5.74) is 0.551. The van der Waals surface area contributed by atoms with Gasteiger partial charge in [0.25, 0.3) is 5.91 Å². The molecule has 1 saturated heterocycles. The van der Waals surface area contributed by atoms with Crippen LogP contribution in [0.5, 0.6) is 0 Å². The highest BCUT2D eigenvalue weighted by atomic mass is 16.2. The van der Waals surface area contributed by atoms with Crippen molar-refractivity contribution < 1.29 is 4.79 Å². The molecule has 1 aromatic heterocycles. The highest BCUT2D eigenvalue weighted by Gasteiger charge is 2.51. The summed E-state index contributed by atoms with van der Waals surface area (Å²) in [6, 6.07) is 1.88. The maximum absolute atomic E-state index is 13.0. The van der Waals surface area contributed by atoms with E-state index in [0.717, 1.165) is 49.8 Å². The van der Waals surface area contributed by atoms with Crippen LogP contribution < -0.4 is 10.2 Å². The van der Waals surface area contributed by atoms with E-state index in [2.05, 4.69) is 32.1 Å². The number of rotatable bonds is 3. The van der Waals surface area contributed by atoms with Crippen LogP contribution in [0.4, 0.5) is 5.82 Å². The molecule has 26 heavy (non-hydrogen) atoms. The Labute approximate surface area is 155 Å². The molecule has 4 aliphatic carbocycles. The van der Waals surface area contributed by atoms with Gasteiger partial charge in [-0.25, -0.2) is 9.97 Å². The molecule has 1 amide bonds. The first-order valence-electron chi connectivity index (χ1n) is 10.2. The molecule has 0 atom stereocenters. The van der Waals surface area contributed by atoms with E-state index in [-0.39, 0.29) is 11.4 Å². The van der Waals surface area contributed by atoms with Crippen molar-refractivity contribution in [1.29, 1.82) is 0 Å². The summed E-state index contributed by atoms with van der Waals surface area (Å²) in [5, 5.41) is 3.42. The van der Waals surface area contributed by atoms with Crippen LogP contribution in [0.25, 0.3) is 0 Å². The van der Waals surface area contributed by atoms with Crippen molar-refractivity contribution in [3.63, 3.8) is 0 Å². The Bertz CT molecular complexity index is 662. The van der Waals surface area contributed by atoms with Crippen LogP contribution in [-0.4, -0.2) is 59.5 Å². The number of piperazine rings is 1. The number of hydrogen-bond acceptors (Lipinski definition) is 5. The predicted octanol–water partition coefficient (Wildman–Crippen LogP) is 1.93. The molecule has 0 spiro atoms. The predicted molar refractivity (Wildman–Crippen MR) is 100 cm³/mol. The third-order valence-electron chi connectivity index (χ3n) is 7.13. The number of amides is 1. The molecule has 6 nitrogen and oxygen atoms in total. The standard InChI is InChI=1S/C20H29N5O/c1-24-2-4-25(5-3-24)18-9-17(21-13-22-18)19(26)23-20-10-14-6-15(11-20)8-16(7-14)12-20/h9,13-16H,2-8,10-12H2,1H3,(H,23,26). The van der Waals surface area contributed by atoms with Gasteiger partial charge in [0.15, 0.2) is 0 Å². The van der Waals surface area contributed by atoms with Crippen molar-refractivity contribution in [3.8, 4) is 0 Å². The molecule has 2 heterocycles. The first-order chi connectivity index (χ1) is 12.6. The molecule has 0 unspecified atom stereocenters. The zero-order valence-electron chi connectivity index (χ0n) is 15.7. The average Bonchev–Trinajstić information content (AvgIpc) is 2.61. The molecular weight excluding hydrogens is 326 g/mol. The summed E-state index contributed by atoms with van der Waals surface area (Å²) in [4.78, 5) is 26.3. The normalized spacial score (nSPS) is 36.3. The number of likely N-dealkylation sites (N-methyl/N-ethyl adjacent to an activating group) is 1. The van der Waals surface area contributed by atoms with E-state index >= 15 is 0 Å². The fraction of sp³-hybridized carbons (Fsp3) is 0.750. The van der Waals surface area contributed by atoms with E-state index in [4.69, 9.17) is 0 Å². The molecule has 4 saturated carbocycles. The summed E-state index contributed by atoms with van der Waals surface area (Å²) in [6.07, 6.45) is 9.20. The van der Waals surface area contributed by atoms with Crippen LogP contribution in [0.3, 0.4) is 0 Å². The number of carbonyl (C=O) groups is 1. The van der Waals surface area contributed by atoms with Gasteiger partial charge in [0.05, 0.1) is 0 Å². The second-order valence-corrected chi connectivity index (χ2v) is 9.20. The van der Waals surface area contributed by atoms with Gasteiger partial charge in [-0.3, -0.25) is 4.79 Å². The highest BCUT2D eigenvalue weighted by Crippen LogP contribution is 2.55. The van der Waals surface area contributed by atoms with Crippen LogP contribution in [0.15, 0.2) is 12.4 Å². The van der Waals surface area contributed by atoms with Gasteiger partial charge in [0, 0.05) is 37.8 Å². The van der Waals surface area contributed by atoms with Crippen LogP contribution in [0.1, 0.15) is 49.0 Å². The zero-order valence-corrected chi connectivity index (χ0v) is 15.7. The van der Waals surface area contributed by atoms with Gasteiger partial charge in [-0.05, 0) is 63.3 Å². The topological polar surface area (TPSA) is 61.4 Å². The van der Waals surface area contributed by atoms with Crippen molar-refractivity contribution in [2.45, 2.75) is 44.1 Å². The van der Waals surface area contributed by atoms with Crippen LogP contribution in [0.2, 0.25) is 0 Å². The molecule has 0 radical (unpaired) electrons. The van der Waals surface area contributed by atoms with Gasteiger partial charge in [-0.1, -0.05) is 0 Å². The molecule has 6 heteroatoms. The van der Waals surface area contributed by atoms with Crippen molar-refractivity contribution in [2.24, 2.45) is 17.8 Å². The lowest BCUT2D eigenvalue weighted by Crippen LogP contribution is -2.59. The second kappa shape index (κ2) is 6.19. The van der Waals surface area contributed by atoms with Gasteiger partial charge in [-0.2, -0.15) is 0 Å². The van der Waals surface area contributed by atoms with E-state index < -0.39 is 0 Å². The number of carbonyl (C=O) groups excluding carboxylic acids is 1. The average molecular weight is 355 g/mol. The number of anilines is 1. The molecule has 140 valence electrons. The van der Waals surface area contributed by atoms with Crippen LogP contribution >= 0.6 is 0 Å². The number of nitrogens with zero attached hydrogens (tertiary/aromatic N) is 4. The summed E-state index contributed by atoms with van der Waals surface area (Å²) in [5.74, 6) is 3.35. The van der Waals surface area contributed by atoms with Gasteiger partial charge in [0.2, 0.25) is 0 Å². The minimum atomic E-state index is -0.00951. The summed E-state index contributed by atoms with van der Waals surface area (Å²) < 4.78 is 0.